The van der Waals surface area contributed by atoms with Gasteiger partial charge in [-0.3, -0.25) is 0 Å². The van der Waals surface area contributed by atoms with Crippen LogP contribution in [0.5, 0.6) is 0 Å². The SMILES string of the molecule is O=C([O-])/C=C/c1cccc(Br)c1.[Ag+]. The molecule has 13 heavy (non-hydrogen) atoms. The minimum absolute atomic E-state index is 0. The number of hydrogen-bond acceptors (Lipinski definition) is 2. The zero-order valence-corrected chi connectivity index (χ0v) is 9.53. The number of carbonyl (C=O) groups is 1. The molecule has 0 heterocycles. The van der Waals surface area contributed by atoms with E-state index in [1.807, 2.05) is 24.3 Å². The van der Waals surface area contributed by atoms with Gasteiger partial charge in [-0.05, 0) is 23.8 Å². The van der Waals surface area contributed by atoms with Gasteiger partial charge < -0.3 is 9.90 Å². The van der Waals surface area contributed by atoms with E-state index >= 15 is 0 Å². The second-order valence-electron chi connectivity index (χ2n) is 2.21. The van der Waals surface area contributed by atoms with Crippen LogP contribution in [0.3, 0.4) is 0 Å². The first kappa shape index (κ1) is 12.7. The van der Waals surface area contributed by atoms with E-state index < -0.39 is 5.97 Å². The van der Waals surface area contributed by atoms with Gasteiger partial charge in [0.1, 0.15) is 0 Å². The second-order valence-corrected chi connectivity index (χ2v) is 3.12. The zero-order valence-electron chi connectivity index (χ0n) is 6.46. The third-order valence-electron chi connectivity index (χ3n) is 1.26. The van der Waals surface area contributed by atoms with Crippen molar-refractivity contribution < 1.29 is 32.3 Å². The van der Waals surface area contributed by atoms with E-state index in [-0.39, 0.29) is 22.4 Å². The summed E-state index contributed by atoms with van der Waals surface area (Å²) in [4.78, 5) is 10.0. The van der Waals surface area contributed by atoms with Gasteiger partial charge in [0.25, 0.3) is 0 Å². The van der Waals surface area contributed by atoms with Gasteiger partial charge in [0.15, 0.2) is 0 Å². The molecular weight excluding hydrogens is 328 g/mol. The number of aliphatic carboxylic acids is 1. The van der Waals surface area contributed by atoms with Crippen molar-refractivity contribution in [1.82, 2.24) is 0 Å². The Kier molecular flexibility index (Phi) is 5.99. The van der Waals surface area contributed by atoms with Gasteiger partial charge in [-0.1, -0.05) is 34.1 Å². The normalized spacial score (nSPS) is 9.62. The Labute approximate surface area is 100 Å². The molecule has 0 atom stereocenters. The smallest absolute Gasteiger partial charge is 0.545 e. The summed E-state index contributed by atoms with van der Waals surface area (Å²) < 4.78 is 0.919. The Hall–Kier alpha value is -0.350. The van der Waals surface area contributed by atoms with Crippen LogP contribution in [0.4, 0.5) is 0 Å². The maximum Gasteiger partial charge on any atom is 1.00 e. The number of carboxylic acid groups (broad SMARTS) is 1. The van der Waals surface area contributed by atoms with Crippen LogP contribution in [0.25, 0.3) is 6.08 Å². The molecule has 0 unspecified atom stereocenters. The van der Waals surface area contributed by atoms with Gasteiger partial charge in [0, 0.05) is 4.47 Å². The average Bonchev–Trinajstić information content (AvgIpc) is 2.01. The molecule has 0 bridgehead atoms. The first-order chi connectivity index (χ1) is 5.68. The summed E-state index contributed by atoms with van der Waals surface area (Å²) in [6.45, 7) is 0. The fourth-order valence-corrected chi connectivity index (χ4v) is 1.19. The van der Waals surface area contributed by atoms with Gasteiger partial charge in [0.2, 0.25) is 0 Å². The van der Waals surface area contributed by atoms with Gasteiger partial charge in [-0.15, -0.1) is 0 Å². The Bertz CT molecular complexity index is 323. The third kappa shape index (κ3) is 5.06. The van der Waals surface area contributed by atoms with Crippen molar-refractivity contribution in [2.24, 2.45) is 0 Å². The van der Waals surface area contributed by atoms with Crippen LogP contribution in [-0.4, -0.2) is 5.97 Å². The summed E-state index contributed by atoms with van der Waals surface area (Å²) in [6.07, 6.45) is 2.49. The van der Waals surface area contributed by atoms with Crippen LogP contribution in [0, 0.1) is 0 Å². The number of rotatable bonds is 2. The van der Waals surface area contributed by atoms with Crippen molar-refractivity contribution in [3.05, 3.63) is 40.4 Å². The predicted octanol–water partition coefficient (Wildman–Crippen LogP) is 1.21. The predicted molar refractivity (Wildman–Crippen MR) is 48.2 cm³/mol. The molecule has 0 fully saturated rings. The van der Waals surface area contributed by atoms with E-state index in [2.05, 4.69) is 15.9 Å². The Morgan fingerprint density at radius 2 is 2.15 bits per heavy atom. The minimum Gasteiger partial charge on any atom is -0.545 e. The van der Waals surface area contributed by atoms with Gasteiger partial charge in [-0.25, -0.2) is 0 Å². The number of hydrogen-bond donors (Lipinski definition) is 0. The molecule has 0 amide bonds. The van der Waals surface area contributed by atoms with E-state index in [9.17, 15) is 9.90 Å². The maximum absolute atomic E-state index is 10.0. The van der Waals surface area contributed by atoms with Crippen LogP contribution in [-0.2, 0) is 27.2 Å². The van der Waals surface area contributed by atoms with Crippen molar-refractivity contribution in [2.75, 3.05) is 0 Å². The molecule has 1 aromatic carbocycles. The second kappa shape index (κ2) is 6.16. The Morgan fingerprint density at radius 3 is 2.69 bits per heavy atom. The van der Waals surface area contributed by atoms with Crippen molar-refractivity contribution >= 4 is 28.0 Å². The maximum atomic E-state index is 10.0. The molecule has 72 valence electrons. The Morgan fingerprint density at radius 1 is 1.46 bits per heavy atom. The van der Waals surface area contributed by atoms with E-state index in [0.29, 0.717) is 0 Å². The van der Waals surface area contributed by atoms with E-state index in [1.165, 1.54) is 6.08 Å². The summed E-state index contributed by atoms with van der Waals surface area (Å²) in [5.74, 6) is -1.19. The van der Waals surface area contributed by atoms with Crippen molar-refractivity contribution in [3.8, 4) is 0 Å². The fraction of sp³-hybridized carbons (Fsp3) is 0. The molecule has 0 aliphatic heterocycles. The summed E-state index contributed by atoms with van der Waals surface area (Å²) in [5, 5.41) is 10.0. The van der Waals surface area contributed by atoms with Crippen LogP contribution >= 0.6 is 15.9 Å². The molecule has 1 aromatic rings. The minimum atomic E-state index is -1.19. The number of carboxylic acids is 1. The largest absolute Gasteiger partial charge is 1.00 e. The van der Waals surface area contributed by atoms with Crippen molar-refractivity contribution in [3.63, 3.8) is 0 Å². The van der Waals surface area contributed by atoms with E-state index in [0.717, 1.165) is 16.1 Å². The molecule has 2 nitrogen and oxygen atoms in total. The Balaban J connectivity index is 0.00000144. The van der Waals surface area contributed by atoms with Crippen LogP contribution in [0.1, 0.15) is 5.56 Å². The summed E-state index contributed by atoms with van der Waals surface area (Å²) >= 11 is 3.27. The molecule has 0 radical (unpaired) electrons. The molecule has 0 saturated carbocycles. The van der Waals surface area contributed by atoms with Crippen molar-refractivity contribution in [2.45, 2.75) is 0 Å². The van der Waals surface area contributed by atoms with Crippen LogP contribution < -0.4 is 5.11 Å². The molecular formula is C9H6AgBrO2. The molecule has 0 saturated heterocycles. The van der Waals surface area contributed by atoms with Gasteiger partial charge >= 0.3 is 22.4 Å². The topological polar surface area (TPSA) is 40.1 Å². The molecule has 0 aromatic heterocycles. The summed E-state index contributed by atoms with van der Waals surface area (Å²) in [6, 6.07) is 7.33. The van der Waals surface area contributed by atoms with Crippen LogP contribution in [0.2, 0.25) is 0 Å². The first-order valence-corrected chi connectivity index (χ1v) is 4.12. The van der Waals surface area contributed by atoms with Crippen molar-refractivity contribution in [1.29, 1.82) is 0 Å². The molecule has 0 aliphatic rings. The zero-order chi connectivity index (χ0) is 8.97. The summed E-state index contributed by atoms with van der Waals surface area (Å²) in [7, 11) is 0. The van der Waals surface area contributed by atoms with E-state index in [4.69, 9.17) is 0 Å². The monoisotopic (exact) mass is 332 g/mol. The first-order valence-electron chi connectivity index (χ1n) is 3.33. The van der Waals surface area contributed by atoms with E-state index in [1.54, 1.807) is 0 Å². The standard InChI is InChI=1S/C9H7BrO2.Ag/c10-8-3-1-2-7(6-8)4-5-9(11)12;/h1-6H,(H,11,12);/q;+1/p-1/b5-4+;. The fourth-order valence-electron chi connectivity index (χ4n) is 0.775. The van der Waals surface area contributed by atoms with Gasteiger partial charge in [-0.2, -0.15) is 0 Å². The third-order valence-corrected chi connectivity index (χ3v) is 1.75. The molecule has 4 heteroatoms. The number of halogens is 1. The van der Waals surface area contributed by atoms with Crippen LogP contribution in [0.15, 0.2) is 34.8 Å². The van der Waals surface area contributed by atoms with Gasteiger partial charge in [0.05, 0.1) is 5.97 Å². The molecule has 0 N–H and O–H groups in total. The quantitative estimate of drug-likeness (QED) is 0.603. The molecule has 0 aliphatic carbocycles. The average molecular weight is 334 g/mol. The number of benzene rings is 1. The molecule has 0 spiro atoms. The summed E-state index contributed by atoms with van der Waals surface area (Å²) in [5.41, 5.74) is 0.827. The molecule has 1 rings (SSSR count). The number of carbonyl (C=O) groups excluding carboxylic acids is 1.